The lowest BCUT2D eigenvalue weighted by Gasteiger charge is -2.29. The van der Waals surface area contributed by atoms with E-state index >= 15 is 0 Å². The van der Waals surface area contributed by atoms with Crippen LogP contribution in [-0.2, 0) is 4.79 Å². The Bertz CT molecular complexity index is 875. The highest BCUT2D eigenvalue weighted by molar-refractivity contribution is 9.08. The Hall–Kier alpha value is -2.24. The predicted molar refractivity (Wildman–Crippen MR) is 141 cm³/mol. The van der Waals surface area contributed by atoms with E-state index in [1.54, 1.807) is 6.20 Å². The molecule has 1 fully saturated rings. The van der Waals surface area contributed by atoms with Crippen molar-refractivity contribution in [3.05, 3.63) is 84.1 Å². The number of ketones is 1. The van der Waals surface area contributed by atoms with Gasteiger partial charge in [0, 0.05) is 11.8 Å². The van der Waals surface area contributed by atoms with Crippen molar-refractivity contribution in [2.45, 2.75) is 38.0 Å². The molecule has 1 unspecified atom stereocenters. The number of quaternary nitrogens is 1. The summed E-state index contributed by atoms with van der Waals surface area (Å²) < 4.78 is 0.533. The highest BCUT2D eigenvalue weighted by atomic mass is 79.9. The summed E-state index contributed by atoms with van der Waals surface area (Å²) in [5.41, 5.74) is 1.84. The number of nitrogens with zero attached hydrogens (tertiary/aromatic N) is 1. The fourth-order valence-corrected chi connectivity index (χ4v) is 4.50. The minimum absolute atomic E-state index is 0.0695. The Labute approximate surface area is 207 Å². The van der Waals surface area contributed by atoms with Gasteiger partial charge in [-0.1, -0.05) is 95.9 Å². The molecule has 0 aliphatic heterocycles. The van der Waals surface area contributed by atoms with Gasteiger partial charge in [0.05, 0.1) is 26.6 Å². The molecule has 0 spiro atoms. The second-order valence-electron chi connectivity index (χ2n) is 9.26. The van der Waals surface area contributed by atoms with Gasteiger partial charge in [0.1, 0.15) is 6.54 Å². The second-order valence-corrected chi connectivity index (χ2v) is 9.26. The zero-order chi connectivity index (χ0) is 24.1. The average molecular weight is 515 g/mol. The number of benzene rings is 2. The van der Waals surface area contributed by atoms with E-state index in [1.165, 1.54) is 19.3 Å². The maximum Gasteiger partial charge on any atom is 0.231 e. The molecule has 33 heavy (non-hydrogen) atoms. The summed E-state index contributed by atoms with van der Waals surface area (Å²) in [5, 5.41) is 3.02. The van der Waals surface area contributed by atoms with E-state index in [2.05, 4.69) is 33.4 Å². The number of hydrogen-bond acceptors (Lipinski definition) is 2. The van der Waals surface area contributed by atoms with E-state index in [0.717, 1.165) is 24.0 Å². The van der Waals surface area contributed by atoms with Gasteiger partial charge in [0.2, 0.25) is 11.7 Å². The van der Waals surface area contributed by atoms with Crippen LogP contribution in [0.5, 0.6) is 0 Å². The lowest BCUT2D eigenvalue weighted by molar-refractivity contribution is -0.875. The summed E-state index contributed by atoms with van der Waals surface area (Å²) in [6, 6.07) is 19.6. The van der Waals surface area contributed by atoms with Gasteiger partial charge >= 0.3 is 0 Å². The number of amides is 1. The van der Waals surface area contributed by atoms with Gasteiger partial charge in [-0.15, -0.1) is 0 Å². The number of hydrogen-bond donors (Lipinski definition) is 1. The number of halogens is 1. The number of rotatable bonds is 9. The minimum Gasteiger partial charge on any atom is -0.332 e. The molecule has 178 valence electrons. The van der Waals surface area contributed by atoms with Gasteiger partial charge in [0.15, 0.2) is 0 Å². The zero-order valence-corrected chi connectivity index (χ0v) is 21.8. The summed E-state index contributed by atoms with van der Waals surface area (Å²) in [6.45, 7) is 1.08. The molecule has 1 amide bonds. The van der Waals surface area contributed by atoms with E-state index < -0.39 is 0 Å². The predicted octanol–water partition coefficient (Wildman–Crippen LogP) is 5.95. The van der Waals surface area contributed by atoms with Crippen molar-refractivity contribution in [2.24, 2.45) is 5.92 Å². The van der Waals surface area contributed by atoms with E-state index in [-0.39, 0.29) is 17.6 Å². The first-order valence-corrected chi connectivity index (χ1v) is 13.3. The fourth-order valence-electron chi connectivity index (χ4n) is 4.50. The third-order valence-electron chi connectivity index (χ3n) is 6.17. The van der Waals surface area contributed by atoms with Crippen LogP contribution in [0.1, 0.15) is 53.9 Å². The molecule has 0 saturated heterocycles. The zero-order valence-electron chi connectivity index (χ0n) is 20.2. The monoisotopic (exact) mass is 513 g/mol. The third kappa shape index (κ3) is 8.90. The molecule has 1 aliphatic rings. The van der Waals surface area contributed by atoms with E-state index in [0.29, 0.717) is 23.5 Å². The Morgan fingerprint density at radius 3 is 2.15 bits per heavy atom. The summed E-state index contributed by atoms with van der Waals surface area (Å²) in [7, 11) is 4.06. The average Bonchev–Trinajstić information content (AvgIpc) is 2.85. The Kier molecular flexibility index (Phi) is 11.6. The smallest absolute Gasteiger partial charge is 0.231 e. The van der Waals surface area contributed by atoms with Crippen LogP contribution in [0, 0.1) is 5.92 Å². The van der Waals surface area contributed by atoms with Crippen molar-refractivity contribution >= 4 is 27.6 Å². The number of nitrogens with one attached hydrogen (secondary N) is 1. The molecule has 0 radical (unpaired) electrons. The number of alkyl halides is 1. The van der Waals surface area contributed by atoms with E-state index in [4.69, 9.17) is 0 Å². The van der Waals surface area contributed by atoms with E-state index in [9.17, 15) is 9.59 Å². The molecule has 2 aromatic carbocycles. The molecule has 1 saturated carbocycles. The first-order chi connectivity index (χ1) is 16.0. The molecule has 2 aromatic rings. The maximum atomic E-state index is 13.1. The lowest BCUT2D eigenvalue weighted by Crippen LogP contribution is -2.44. The van der Waals surface area contributed by atoms with Gasteiger partial charge in [-0.2, -0.15) is 0 Å². The molecule has 1 aliphatic carbocycles. The minimum atomic E-state index is -0.103. The third-order valence-corrected chi connectivity index (χ3v) is 6.17. The second kappa shape index (κ2) is 14.1. The van der Waals surface area contributed by atoms with Crippen molar-refractivity contribution in [1.29, 1.82) is 0 Å². The molecule has 0 heterocycles. The summed E-state index contributed by atoms with van der Waals surface area (Å²) >= 11 is 2.94. The van der Waals surface area contributed by atoms with Gasteiger partial charge in [-0.05, 0) is 36.2 Å². The van der Waals surface area contributed by atoms with Crippen LogP contribution in [0.2, 0.25) is 0 Å². The van der Waals surface area contributed by atoms with Crippen molar-refractivity contribution in [3.63, 3.8) is 0 Å². The molecule has 1 atom stereocenters. The fraction of sp³-hybridized carbons (Fsp3) is 0.429. The quantitative estimate of drug-likeness (QED) is 0.255. The van der Waals surface area contributed by atoms with Crippen molar-refractivity contribution in [1.82, 2.24) is 5.32 Å². The van der Waals surface area contributed by atoms with Crippen LogP contribution in [0.4, 0.5) is 0 Å². The Morgan fingerprint density at radius 1 is 0.970 bits per heavy atom. The number of carbonyl (C=O) groups is 2. The van der Waals surface area contributed by atoms with E-state index in [1.807, 2.05) is 74.5 Å². The topological polar surface area (TPSA) is 46.2 Å². The van der Waals surface area contributed by atoms with Crippen molar-refractivity contribution < 1.29 is 14.1 Å². The van der Waals surface area contributed by atoms with Crippen molar-refractivity contribution in [3.8, 4) is 0 Å². The number of carbonyl (C=O) groups excluding carboxylic acids is 2. The SMILES string of the molecule is CBr.C[N+](C)(C/C=C/NC(=O)C(c1ccccc1)C1CCCCC1)CC(=O)c1ccccc1. The number of likely N-dealkylation sites (N-methyl/N-ethyl adjacent to an activating group) is 1. The molecular weight excluding hydrogens is 476 g/mol. The molecule has 0 bridgehead atoms. The molecular formula is C28H38BrN2O2+. The molecule has 1 N–H and O–H groups in total. The van der Waals surface area contributed by atoms with Crippen LogP contribution in [-0.4, -0.2) is 49.2 Å². The normalized spacial score (nSPS) is 15.4. The first-order valence-electron chi connectivity index (χ1n) is 11.7. The molecule has 0 aromatic heterocycles. The van der Waals surface area contributed by atoms with Crippen LogP contribution >= 0.6 is 15.9 Å². The highest BCUT2D eigenvalue weighted by Crippen LogP contribution is 2.36. The van der Waals surface area contributed by atoms with Crippen molar-refractivity contribution in [2.75, 3.05) is 33.0 Å². The van der Waals surface area contributed by atoms with Gasteiger partial charge in [0.25, 0.3) is 0 Å². The summed E-state index contributed by atoms with van der Waals surface area (Å²) in [4.78, 5) is 25.6. The summed E-state index contributed by atoms with van der Waals surface area (Å²) in [6.07, 6.45) is 9.63. The Balaban J connectivity index is 0.00000187. The van der Waals surface area contributed by atoms with Crippen LogP contribution in [0.15, 0.2) is 72.9 Å². The van der Waals surface area contributed by atoms with Crippen LogP contribution in [0.3, 0.4) is 0 Å². The molecule has 3 rings (SSSR count). The van der Waals surface area contributed by atoms with Crippen LogP contribution < -0.4 is 5.32 Å². The van der Waals surface area contributed by atoms with Gasteiger partial charge in [-0.3, -0.25) is 9.59 Å². The van der Waals surface area contributed by atoms with Gasteiger partial charge < -0.3 is 9.80 Å². The molecule has 5 heteroatoms. The summed E-state index contributed by atoms with van der Waals surface area (Å²) in [5.74, 6) is 2.31. The Morgan fingerprint density at radius 2 is 1.55 bits per heavy atom. The maximum absolute atomic E-state index is 13.1. The lowest BCUT2D eigenvalue weighted by atomic mass is 9.76. The van der Waals surface area contributed by atoms with Crippen LogP contribution in [0.25, 0.3) is 0 Å². The molecule has 4 nitrogen and oxygen atoms in total. The first kappa shape index (κ1) is 27.0. The number of Topliss-reactive ketones (excluding diaryl/α,β-unsaturated/α-hetero) is 1. The van der Waals surface area contributed by atoms with Gasteiger partial charge in [-0.25, -0.2) is 0 Å². The largest absolute Gasteiger partial charge is 0.332 e. The standard InChI is InChI=1S/C27H34N2O2.CH3Br/c1-29(2,21-25(30)22-13-6-3-7-14-22)20-12-19-28-27(31)26(23-15-8-4-9-16-23)24-17-10-5-11-18-24;1-2/h3-4,6-9,12-16,19,24,26H,5,10-11,17-18,20-21H2,1-2H3;1H3/p+1/b19-12+;. The highest BCUT2D eigenvalue weighted by Gasteiger charge is 2.30.